The van der Waals surface area contributed by atoms with E-state index in [-0.39, 0.29) is 6.61 Å². The monoisotopic (exact) mass is 302 g/mol. The fourth-order valence-corrected chi connectivity index (χ4v) is 3.08. The summed E-state index contributed by atoms with van der Waals surface area (Å²) in [5.74, 6) is -0.423. The minimum absolute atomic E-state index is 0.158. The number of carbonyl (C=O) groups is 1. The largest absolute Gasteiger partial charge is 0.454 e. The predicted molar refractivity (Wildman–Crippen MR) is 78.8 cm³/mol. The first-order valence-electron chi connectivity index (χ1n) is 5.88. The van der Waals surface area contributed by atoms with Gasteiger partial charge < -0.3 is 4.74 Å². The molecule has 4 nitrogen and oxygen atoms in total. The van der Waals surface area contributed by atoms with Gasteiger partial charge in [-0.2, -0.15) is 11.3 Å². The lowest BCUT2D eigenvalue weighted by molar-refractivity contribution is 0.0462. The molecule has 6 heteroatoms. The highest BCUT2D eigenvalue weighted by Crippen LogP contribution is 2.25. The van der Waals surface area contributed by atoms with E-state index in [1.54, 1.807) is 22.9 Å². The van der Waals surface area contributed by atoms with Crippen molar-refractivity contribution in [3.63, 3.8) is 0 Å². The van der Waals surface area contributed by atoms with Crippen LogP contribution in [-0.2, 0) is 11.3 Å². The molecule has 0 N–H and O–H groups in total. The average molecular weight is 302 g/mol. The van der Waals surface area contributed by atoms with E-state index in [0.29, 0.717) is 11.4 Å². The van der Waals surface area contributed by atoms with Gasteiger partial charge in [0.1, 0.15) is 11.6 Å². The number of thiazole rings is 1. The average Bonchev–Trinajstić information content (AvgIpc) is 3.16. The maximum atomic E-state index is 11.9. The van der Waals surface area contributed by atoms with Crippen molar-refractivity contribution in [2.45, 2.75) is 6.61 Å². The molecule has 0 spiro atoms. The van der Waals surface area contributed by atoms with Crippen LogP contribution in [0.1, 0.15) is 16.2 Å². The molecule has 100 valence electrons. The van der Waals surface area contributed by atoms with Gasteiger partial charge in [-0.05, 0) is 23.6 Å². The molecule has 3 rings (SSSR count). The number of esters is 1. The Labute approximate surface area is 123 Å². The lowest BCUT2D eigenvalue weighted by atomic mass is 10.3. The molecule has 0 bridgehead atoms. The topological polar surface area (TPSA) is 52.1 Å². The van der Waals surface area contributed by atoms with Gasteiger partial charge in [0, 0.05) is 22.5 Å². The maximum Gasteiger partial charge on any atom is 0.358 e. The lowest BCUT2D eigenvalue weighted by Crippen LogP contribution is -2.06. The van der Waals surface area contributed by atoms with E-state index in [0.717, 1.165) is 10.6 Å². The quantitative estimate of drug-likeness (QED) is 0.691. The molecule has 3 aromatic rings. The van der Waals surface area contributed by atoms with Gasteiger partial charge in [-0.25, -0.2) is 9.78 Å². The summed E-state index contributed by atoms with van der Waals surface area (Å²) < 4.78 is 5.19. The molecule has 0 atom stereocenters. The van der Waals surface area contributed by atoms with Gasteiger partial charge >= 0.3 is 5.97 Å². The van der Waals surface area contributed by atoms with Crippen molar-refractivity contribution in [3.8, 4) is 10.6 Å². The van der Waals surface area contributed by atoms with E-state index in [1.165, 1.54) is 11.3 Å². The van der Waals surface area contributed by atoms with Crippen LogP contribution in [0.15, 0.2) is 46.6 Å². The Morgan fingerprint density at radius 1 is 1.25 bits per heavy atom. The number of hydrogen-bond donors (Lipinski definition) is 0. The molecule has 0 aliphatic heterocycles. The van der Waals surface area contributed by atoms with Crippen molar-refractivity contribution in [3.05, 3.63) is 58.0 Å². The van der Waals surface area contributed by atoms with Crippen molar-refractivity contribution >= 4 is 28.6 Å². The van der Waals surface area contributed by atoms with E-state index < -0.39 is 5.97 Å². The highest BCUT2D eigenvalue weighted by molar-refractivity contribution is 7.14. The second-order valence-electron chi connectivity index (χ2n) is 3.95. The maximum absolute atomic E-state index is 11.9. The van der Waals surface area contributed by atoms with E-state index in [9.17, 15) is 4.79 Å². The third-order valence-electron chi connectivity index (χ3n) is 2.56. The Morgan fingerprint density at radius 3 is 2.95 bits per heavy atom. The fraction of sp³-hybridized carbons (Fsp3) is 0.0714. The van der Waals surface area contributed by atoms with Crippen LogP contribution in [0.5, 0.6) is 0 Å². The predicted octanol–water partition coefficient (Wildman–Crippen LogP) is 3.62. The number of nitrogens with zero attached hydrogens (tertiary/aromatic N) is 2. The Morgan fingerprint density at radius 2 is 2.20 bits per heavy atom. The zero-order valence-electron chi connectivity index (χ0n) is 10.4. The standard InChI is InChI=1S/C14H10N2O2S2/c17-14(18-7-11-3-1-2-5-15-11)12-9-20-13(16-12)10-4-6-19-8-10/h1-6,8-9H,7H2. The SMILES string of the molecule is O=C(OCc1ccccn1)c1csc(-c2ccsc2)n1. The number of thiophene rings is 1. The molecule has 0 aliphatic rings. The van der Waals surface area contributed by atoms with Crippen LogP contribution in [0.2, 0.25) is 0 Å². The normalized spacial score (nSPS) is 10.4. The third-order valence-corrected chi connectivity index (χ3v) is 4.13. The molecule has 0 fully saturated rings. The second-order valence-corrected chi connectivity index (χ2v) is 5.59. The number of pyridine rings is 1. The summed E-state index contributed by atoms with van der Waals surface area (Å²) in [6, 6.07) is 7.46. The minimum Gasteiger partial charge on any atom is -0.454 e. The molecule has 3 aromatic heterocycles. The van der Waals surface area contributed by atoms with Crippen LogP contribution < -0.4 is 0 Å². The van der Waals surface area contributed by atoms with Crippen LogP contribution in [0.4, 0.5) is 0 Å². The summed E-state index contributed by atoms with van der Waals surface area (Å²) in [5, 5.41) is 6.53. The number of ether oxygens (including phenoxy) is 1. The fourth-order valence-electron chi connectivity index (χ4n) is 1.58. The number of carbonyl (C=O) groups excluding carboxylic acids is 1. The third kappa shape index (κ3) is 2.92. The van der Waals surface area contributed by atoms with Crippen LogP contribution >= 0.6 is 22.7 Å². The molecule has 0 amide bonds. The highest BCUT2D eigenvalue weighted by Gasteiger charge is 2.13. The van der Waals surface area contributed by atoms with Crippen molar-refractivity contribution in [2.24, 2.45) is 0 Å². The van der Waals surface area contributed by atoms with E-state index in [2.05, 4.69) is 9.97 Å². The first-order valence-corrected chi connectivity index (χ1v) is 7.70. The van der Waals surface area contributed by atoms with Gasteiger partial charge in [0.25, 0.3) is 0 Å². The van der Waals surface area contributed by atoms with E-state index >= 15 is 0 Å². The van der Waals surface area contributed by atoms with Gasteiger partial charge in [0.2, 0.25) is 0 Å². The smallest absolute Gasteiger partial charge is 0.358 e. The van der Waals surface area contributed by atoms with Crippen molar-refractivity contribution in [1.82, 2.24) is 9.97 Å². The molecule has 0 radical (unpaired) electrons. The Bertz CT molecular complexity index is 693. The zero-order chi connectivity index (χ0) is 13.8. The molecule has 0 aromatic carbocycles. The van der Waals surface area contributed by atoms with Crippen LogP contribution in [0.3, 0.4) is 0 Å². The van der Waals surface area contributed by atoms with Gasteiger partial charge in [-0.15, -0.1) is 11.3 Å². The Balaban J connectivity index is 1.66. The summed E-state index contributed by atoms with van der Waals surface area (Å²) in [4.78, 5) is 20.3. The first-order chi connectivity index (χ1) is 9.83. The van der Waals surface area contributed by atoms with Gasteiger partial charge in [-0.1, -0.05) is 6.07 Å². The molecule has 0 saturated heterocycles. The molecule has 0 unspecified atom stereocenters. The summed E-state index contributed by atoms with van der Waals surface area (Å²) >= 11 is 3.04. The van der Waals surface area contributed by atoms with Crippen LogP contribution in [-0.4, -0.2) is 15.9 Å². The molecule has 0 aliphatic carbocycles. The molecular weight excluding hydrogens is 292 g/mol. The van der Waals surface area contributed by atoms with Gasteiger partial charge in [-0.3, -0.25) is 4.98 Å². The Kier molecular flexibility index (Phi) is 3.85. The second kappa shape index (κ2) is 5.94. The summed E-state index contributed by atoms with van der Waals surface area (Å²) in [6.07, 6.45) is 1.67. The minimum atomic E-state index is -0.423. The van der Waals surface area contributed by atoms with Crippen LogP contribution in [0.25, 0.3) is 10.6 Å². The van der Waals surface area contributed by atoms with Crippen molar-refractivity contribution in [2.75, 3.05) is 0 Å². The first kappa shape index (κ1) is 13.0. The molecule has 3 heterocycles. The van der Waals surface area contributed by atoms with Crippen molar-refractivity contribution < 1.29 is 9.53 Å². The lowest BCUT2D eigenvalue weighted by Gasteiger charge is -2.01. The van der Waals surface area contributed by atoms with Gasteiger partial charge in [0.05, 0.1) is 5.69 Å². The number of hydrogen-bond acceptors (Lipinski definition) is 6. The van der Waals surface area contributed by atoms with Crippen LogP contribution in [0, 0.1) is 0 Å². The number of aromatic nitrogens is 2. The summed E-state index contributed by atoms with van der Waals surface area (Å²) in [6.45, 7) is 0.158. The van der Waals surface area contributed by atoms with E-state index in [4.69, 9.17) is 4.74 Å². The molecular formula is C14H10N2O2S2. The zero-order valence-corrected chi connectivity index (χ0v) is 12.0. The molecule has 0 saturated carbocycles. The number of rotatable bonds is 4. The van der Waals surface area contributed by atoms with Crippen molar-refractivity contribution in [1.29, 1.82) is 0 Å². The summed E-state index contributed by atoms with van der Waals surface area (Å²) in [7, 11) is 0. The van der Waals surface area contributed by atoms with Gasteiger partial charge in [0.15, 0.2) is 5.69 Å². The van der Waals surface area contributed by atoms with E-state index in [1.807, 2.05) is 35.0 Å². The molecule has 20 heavy (non-hydrogen) atoms. The Hall–Kier alpha value is -2.05. The highest BCUT2D eigenvalue weighted by atomic mass is 32.1. The summed E-state index contributed by atoms with van der Waals surface area (Å²) in [5.41, 5.74) is 2.09.